The van der Waals surface area contributed by atoms with Crippen LogP contribution in [0, 0.1) is 5.92 Å². The largest absolute Gasteiger partial charge is 0.379 e. The molecule has 0 aromatic carbocycles. The lowest BCUT2D eigenvalue weighted by atomic mass is 10.1. The minimum atomic E-state index is -3.21. The number of hydrogen-bond donors (Lipinski definition) is 1. The Labute approximate surface area is 153 Å². The number of hydrogen-bond acceptors (Lipinski definition) is 6. The van der Waals surface area contributed by atoms with Crippen molar-refractivity contribution in [3.8, 4) is 0 Å². The van der Waals surface area contributed by atoms with Gasteiger partial charge in [0.25, 0.3) is 0 Å². The van der Waals surface area contributed by atoms with Gasteiger partial charge in [-0.3, -0.25) is 0 Å². The van der Waals surface area contributed by atoms with Crippen LogP contribution in [0.25, 0.3) is 0 Å². The zero-order valence-corrected chi connectivity index (χ0v) is 17.1. The van der Waals surface area contributed by atoms with Crippen LogP contribution in [-0.2, 0) is 29.0 Å². The van der Waals surface area contributed by atoms with Crippen molar-refractivity contribution in [2.24, 2.45) is 5.92 Å². The Bertz CT molecular complexity index is 387. The van der Waals surface area contributed by atoms with E-state index in [0.717, 1.165) is 18.9 Å². The van der Waals surface area contributed by atoms with E-state index < -0.39 is 15.3 Å². The topological polar surface area (TPSA) is 83.1 Å². The van der Waals surface area contributed by atoms with E-state index in [0.29, 0.717) is 46.2 Å². The van der Waals surface area contributed by atoms with Crippen molar-refractivity contribution in [1.82, 2.24) is 4.72 Å². The molecule has 0 saturated heterocycles. The Balaban J connectivity index is 3.17. The van der Waals surface area contributed by atoms with E-state index in [4.69, 9.17) is 18.9 Å². The molecule has 8 heteroatoms. The molecule has 0 fully saturated rings. The first-order valence-corrected chi connectivity index (χ1v) is 10.7. The van der Waals surface area contributed by atoms with Crippen LogP contribution in [0.2, 0.25) is 0 Å². The molecule has 152 valence electrons. The fourth-order valence-corrected chi connectivity index (χ4v) is 2.48. The summed E-state index contributed by atoms with van der Waals surface area (Å²) in [5.41, 5.74) is 0. The highest BCUT2D eigenvalue weighted by Crippen LogP contribution is 2.02. The van der Waals surface area contributed by atoms with Crippen molar-refractivity contribution in [3.63, 3.8) is 0 Å². The third kappa shape index (κ3) is 16.9. The lowest BCUT2D eigenvalue weighted by Gasteiger charge is -2.10. The maximum absolute atomic E-state index is 11.5. The molecular weight excluding hydrogens is 346 g/mol. The summed E-state index contributed by atoms with van der Waals surface area (Å²) in [6, 6.07) is 0. The number of rotatable bonds is 18. The lowest BCUT2D eigenvalue weighted by molar-refractivity contribution is -0.00168. The Morgan fingerprint density at radius 3 is 1.60 bits per heavy atom. The highest BCUT2D eigenvalue weighted by molar-refractivity contribution is 7.90. The van der Waals surface area contributed by atoms with Gasteiger partial charge in [-0.05, 0) is 32.6 Å². The van der Waals surface area contributed by atoms with Crippen molar-refractivity contribution < 1.29 is 27.4 Å². The van der Waals surface area contributed by atoms with Gasteiger partial charge in [-0.15, -0.1) is 0 Å². The average molecular weight is 384 g/mol. The summed E-state index contributed by atoms with van der Waals surface area (Å²) >= 11 is 0. The van der Waals surface area contributed by atoms with E-state index in [9.17, 15) is 8.42 Å². The summed E-state index contributed by atoms with van der Waals surface area (Å²) < 4.78 is 47.0. The predicted octanol–water partition coefficient (Wildman–Crippen LogP) is 1.82. The third-order valence-corrected chi connectivity index (χ3v) is 5.20. The summed E-state index contributed by atoms with van der Waals surface area (Å²) in [6.45, 7) is 12.2. The van der Waals surface area contributed by atoms with Crippen LogP contribution < -0.4 is 4.72 Å². The maximum atomic E-state index is 11.5. The van der Waals surface area contributed by atoms with Crippen LogP contribution in [0.15, 0.2) is 0 Å². The first kappa shape index (κ1) is 24.8. The molecule has 0 atom stereocenters. The van der Waals surface area contributed by atoms with Crippen LogP contribution in [0.4, 0.5) is 0 Å². The zero-order valence-electron chi connectivity index (χ0n) is 16.3. The fourth-order valence-electron chi connectivity index (χ4n) is 1.78. The van der Waals surface area contributed by atoms with Crippen molar-refractivity contribution in [1.29, 1.82) is 0 Å². The fraction of sp³-hybridized carbons (Fsp3) is 1.00. The zero-order chi connectivity index (χ0) is 19.0. The molecule has 25 heavy (non-hydrogen) atoms. The molecule has 0 amide bonds. The molecule has 0 aromatic rings. The molecular formula is C17H37NO6S. The Morgan fingerprint density at radius 2 is 1.16 bits per heavy atom. The van der Waals surface area contributed by atoms with Gasteiger partial charge >= 0.3 is 0 Å². The molecule has 0 heterocycles. The van der Waals surface area contributed by atoms with Crippen LogP contribution in [0.3, 0.4) is 0 Å². The molecule has 0 aliphatic rings. The standard InChI is InChI=1S/C17H37NO6S/c1-16(2)6-5-8-21-10-12-23-14-15-24-13-11-22-9-7-18-25(19,20)17(3)4/h16-18H,5-15H2,1-4H3. The molecule has 0 bridgehead atoms. The SMILES string of the molecule is CC(C)CCCOCCOCCOCCOCCNS(=O)(=O)C(C)C. The normalized spacial score (nSPS) is 12.4. The smallest absolute Gasteiger partial charge is 0.214 e. The molecule has 0 aromatic heterocycles. The second kappa shape index (κ2) is 16.0. The number of ether oxygens (including phenoxy) is 4. The quantitative estimate of drug-likeness (QED) is 0.364. The molecule has 0 aliphatic heterocycles. The Hall–Kier alpha value is -0.250. The number of nitrogens with one attached hydrogen (secondary N) is 1. The Kier molecular flexibility index (Phi) is 15.8. The van der Waals surface area contributed by atoms with Crippen LogP contribution in [0.1, 0.15) is 40.5 Å². The maximum Gasteiger partial charge on any atom is 0.214 e. The second-order valence-electron chi connectivity index (χ2n) is 6.47. The molecule has 1 N–H and O–H groups in total. The molecule has 0 saturated carbocycles. The van der Waals surface area contributed by atoms with E-state index in [-0.39, 0.29) is 6.54 Å². The third-order valence-electron chi connectivity index (χ3n) is 3.36. The van der Waals surface area contributed by atoms with Crippen molar-refractivity contribution in [2.45, 2.75) is 45.8 Å². The molecule has 0 rings (SSSR count). The first-order chi connectivity index (χ1) is 11.9. The number of sulfonamides is 1. The summed E-state index contributed by atoms with van der Waals surface area (Å²) in [6.07, 6.45) is 2.29. The molecule has 0 radical (unpaired) electrons. The van der Waals surface area contributed by atoms with Crippen LogP contribution in [0.5, 0.6) is 0 Å². The molecule has 0 unspecified atom stereocenters. The first-order valence-electron chi connectivity index (χ1n) is 9.15. The highest BCUT2D eigenvalue weighted by Gasteiger charge is 2.13. The van der Waals surface area contributed by atoms with Gasteiger partial charge in [-0.25, -0.2) is 13.1 Å². The van der Waals surface area contributed by atoms with Crippen molar-refractivity contribution in [2.75, 3.05) is 59.4 Å². The monoisotopic (exact) mass is 383 g/mol. The minimum absolute atomic E-state index is 0.279. The van der Waals surface area contributed by atoms with E-state index >= 15 is 0 Å². The van der Waals surface area contributed by atoms with Gasteiger partial charge < -0.3 is 18.9 Å². The summed E-state index contributed by atoms with van der Waals surface area (Å²) in [4.78, 5) is 0. The second-order valence-corrected chi connectivity index (χ2v) is 8.80. The summed E-state index contributed by atoms with van der Waals surface area (Å²) in [5.74, 6) is 0.727. The van der Waals surface area contributed by atoms with Gasteiger partial charge in [-0.1, -0.05) is 13.8 Å². The van der Waals surface area contributed by atoms with Gasteiger partial charge in [0.2, 0.25) is 10.0 Å². The van der Waals surface area contributed by atoms with E-state index in [1.165, 1.54) is 6.42 Å². The van der Waals surface area contributed by atoms with E-state index in [1.54, 1.807) is 13.8 Å². The van der Waals surface area contributed by atoms with Gasteiger partial charge in [-0.2, -0.15) is 0 Å². The van der Waals surface area contributed by atoms with Gasteiger partial charge in [0.1, 0.15) is 0 Å². The van der Waals surface area contributed by atoms with Crippen LogP contribution in [-0.4, -0.2) is 73.1 Å². The molecule has 0 aliphatic carbocycles. The lowest BCUT2D eigenvalue weighted by Crippen LogP contribution is -2.33. The molecule has 0 spiro atoms. The molecule has 7 nitrogen and oxygen atoms in total. The predicted molar refractivity (Wildman–Crippen MR) is 99.4 cm³/mol. The summed E-state index contributed by atoms with van der Waals surface area (Å²) in [7, 11) is -3.21. The van der Waals surface area contributed by atoms with Crippen molar-refractivity contribution in [3.05, 3.63) is 0 Å². The summed E-state index contributed by atoms with van der Waals surface area (Å²) in [5, 5.41) is -0.429. The van der Waals surface area contributed by atoms with Crippen LogP contribution >= 0.6 is 0 Å². The van der Waals surface area contributed by atoms with E-state index in [1.807, 2.05) is 0 Å². The van der Waals surface area contributed by atoms with Gasteiger partial charge in [0.15, 0.2) is 0 Å². The minimum Gasteiger partial charge on any atom is -0.379 e. The van der Waals surface area contributed by atoms with Gasteiger partial charge in [0.05, 0.1) is 51.5 Å². The van der Waals surface area contributed by atoms with E-state index in [2.05, 4.69) is 18.6 Å². The average Bonchev–Trinajstić information content (AvgIpc) is 2.54. The van der Waals surface area contributed by atoms with Gasteiger partial charge in [0, 0.05) is 13.2 Å². The Morgan fingerprint density at radius 1 is 0.720 bits per heavy atom. The van der Waals surface area contributed by atoms with Crippen molar-refractivity contribution >= 4 is 10.0 Å². The highest BCUT2D eigenvalue weighted by atomic mass is 32.2.